The zero-order chi connectivity index (χ0) is 18.4. The predicted octanol–water partition coefficient (Wildman–Crippen LogP) is 5.21. The van der Waals surface area contributed by atoms with Crippen molar-refractivity contribution < 1.29 is 61.5 Å². The van der Waals surface area contributed by atoms with Gasteiger partial charge < -0.3 is 0 Å². The summed E-state index contributed by atoms with van der Waals surface area (Å²) in [6.45, 7) is 0. The van der Waals surface area contributed by atoms with Crippen molar-refractivity contribution in [1.29, 1.82) is 0 Å². The SMILES string of the molecule is FC(F)(F)C(F)(F)C=CC(F)(C(F)(F)F)C(F)(F)C(F)(F)F. The smallest absolute Gasteiger partial charge is 0.222 e. The number of hydrogen-bond donors (Lipinski definition) is 0. The van der Waals surface area contributed by atoms with Crippen LogP contribution in [0.1, 0.15) is 0 Å². The molecule has 0 aromatic heterocycles. The van der Waals surface area contributed by atoms with Crippen LogP contribution in [0.3, 0.4) is 0 Å². The summed E-state index contributed by atoms with van der Waals surface area (Å²) in [5.74, 6) is -13.6. The molecule has 1 unspecified atom stereocenters. The van der Waals surface area contributed by atoms with Crippen LogP contribution in [0.4, 0.5) is 61.5 Å². The number of hydrogen-bond acceptors (Lipinski definition) is 0. The van der Waals surface area contributed by atoms with Crippen LogP contribution in [0.5, 0.6) is 0 Å². The standard InChI is InChI=1S/C8H2F14/c9-3(6(14,15)16,5(12,13)8(20,21)22)1-2-4(10,11)7(17,18)19/h1-2H. The Morgan fingerprint density at radius 3 is 1.00 bits per heavy atom. The minimum absolute atomic E-state index is 2.06. The van der Waals surface area contributed by atoms with Gasteiger partial charge in [-0.3, -0.25) is 0 Å². The monoisotopic (exact) mass is 364 g/mol. The van der Waals surface area contributed by atoms with Gasteiger partial charge in [0, 0.05) is 0 Å². The van der Waals surface area contributed by atoms with Crippen LogP contribution in [-0.4, -0.2) is 36.0 Å². The largest absolute Gasteiger partial charge is 0.457 e. The molecule has 132 valence electrons. The average molecular weight is 364 g/mol. The average Bonchev–Trinajstić information content (AvgIpc) is 2.20. The second-order valence-electron chi connectivity index (χ2n) is 3.74. The first-order valence-electron chi connectivity index (χ1n) is 4.56. The molecule has 0 radical (unpaired) electrons. The summed E-state index contributed by atoms with van der Waals surface area (Å²) in [5, 5.41) is 0. The van der Waals surface area contributed by atoms with E-state index in [1.54, 1.807) is 0 Å². The lowest BCUT2D eigenvalue weighted by Gasteiger charge is -2.34. The van der Waals surface area contributed by atoms with E-state index in [1.807, 2.05) is 0 Å². The third kappa shape index (κ3) is 3.39. The minimum atomic E-state index is -7.31. The van der Waals surface area contributed by atoms with Gasteiger partial charge in [0.25, 0.3) is 5.67 Å². The molecule has 14 heteroatoms. The molecule has 0 fully saturated rings. The highest BCUT2D eigenvalue weighted by Gasteiger charge is 2.80. The van der Waals surface area contributed by atoms with Crippen molar-refractivity contribution in [2.75, 3.05) is 0 Å². The van der Waals surface area contributed by atoms with Crippen molar-refractivity contribution in [2.45, 2.75) is 36.0 Å². The van der Waals surface area contributed by atoms with Crippen LogP contribution in [0.2, 0.25) is 0 Å². The Hall–Kier alpha value is -1.24. The molecular formula is C8H2F14. The normalized spacial score (nSPS) is 18.6. The molecule has 0 aliphatic heterocycles. The van der Waals surface area contributed by atoms with Crippen molar-refractivity contribution >= 4 is 0 Å². The quantitative estimate of drug-likeness (QED) is 0.477. The first kappa shape index (κ1) is 20.8. The zero-order valence-electron chi connectivity index (χ0n) is 9.45. The van der Waals surface area contributed by atoms with Crippen LogP contribution < -0.4 is 0 Å². The first-order valence-corrected chi connectivity index (χ1v) is 4.56. The van der Waals surface area contributed by atoms with Gasteiger partial charge in [0.15, 0.2) is 0 Å². The first-order chi connectivity index (χ1) is 9.21. The molecule has 0 aromatic rings. The van der Waals surface area contributed by atoms with Gasteiger partial charge >= 0.3 is 30.4 Å². The highest BCUT2D eigenvalue weighted by Crippen LogP contribution is 2.54. The molecule has 1 atom stereocenters. The second-order valence-corrected chi connectivity index (χ2v) is 3.74. The maximum atomic E-state index is 13.1. The summed E-state index contributed by atoms with van der Waals surface area (Å²) in [6.07, 6.45) is -25.2. The molecule has 0 aliphatic carbocycles. The van der Waals surface area contributed by atoms with Crippen molar-refractivity contribution in [3.05, 3.63) is 12.2 Å². The molecule has 0 amide bonds. The Balaban J connectivity index is 6.12. The molecule has 0 bridgehead atoms. The Bertz CT molecular complexity index is 420. The van der Waals surface area contributed by atoms with E-state index in [2.05, 4.69) is 0 Å². The molecule has 0 heterocycles. The van der Waals surface area contributed by atoms with E-state index >= 15 is 0 Å². The maximum absolute atomic E-state index is 13.1. The van der Waals surface area contributed by atoms with Crippen LogP contribution in [0.15, 0.2) is 12.2 Å². The summed E-state index contributed by atoms with van der Waals surface area (Å²) >= 11 is 0. The fourth-order valence-corrected chi connectivity index (χ4v) is 0.897. The molecule has 0 saturated carbocycles. The lowest BCUT2D eigenvalue weighted by Crippen LogP contribution is -2.61. The van der Waals surface area contributed by atoms with E-state index < -0.39 is 48.2 Å². The Kier molecular flexibility index (Phi) is 4.86. The van der Waals surface area contributed by atoms with Gasteiger partial charge in [-0.15, -0.1) is 0 Å². The van der Waals surface area contributed by atoms with Gasteiger partial charge in [0.2, 0.25) is 0 Å². The molecule has 0 nitrogen and oxygen atoms in total. The number of allylic oxidation sites excluding steroid dienone is 2. The Morgan fingerprint density at radius 1 is 0.409 bits per heavy atom. The van der Waals surface area contributed by atoms with Crippen molar-refractivity contribution in [1.82, 2.24) is 0 Å². The Morgan fingerprint density at radius 2 is 0.773 bits per heavy atom. The lowest BCUT2D eigenvalue weighted by atomic mass is 9.94. The van der Waals surface area contributed by atoms with Crippen LogP contribution in [-0.2, 0) is 0 Å². The van der Waals surface area contributed by atoms with E-state index in [1.165, 1.54) is 0 Å². The van der Waals surface area contributed by atoms with Gasteiger partial charge in [0.05, 0.1) is 0 Å². The molecule has 0 aliphatic rings. The summed E-state index contributed by atoms with van der Waals surface area (Å²) < 4.78 is 169. The topological polar surface area (TPSA) is 0 Å². The molecule has 0 aromatic carbocycles. The highest BCUT2D eigenvalue weighted by atomic mass is 19.4. The van der Waals surface area contributed by atoms with Gasteiger partial charge in [0.1, 0.15) is 0 Å². The van der Waals surface area contributed by atoms with E-state index in [0.717, 1.165) is 0 Å². The van der Waals surface area contributed by atoms with Gasteiger partial charge in [-0.25, -0.2) is 4.39 Å². The third-order valence-electron chi connectivity index (χ3n) is 2.13. The van der Waals surface area contributed by atoms with E-state index in [-0.39, 0.29) is 0 Å². The fourth-order valence-electron chi connectivity index (χ4n) is 0.897. The molecule has 0 N–H and O–H groups in total. The maximum Gasteiger partial charge on any atom is 0.457 e. The van der Waals surface area contributed by atoms with Crippen molar-refractivity contribution in [3.63, 3.8) is 0 Å². The van der Waals surface area contributed by atoms with Crippen LogP contribution in [0, 0.1) is 0 Å². The molecule has 0 saturated heterocycles. The van der Waals surface area contributed by atoms with Gasteiger partial charge in [-0.1, -0.05) is 0 Å². The number of rotatable bonds is 3. The minimum Gasteiger partial charge on any atom is -0.222 e. The highest BCUT2D eigenvalue weighted by molar-refractivity contribution is 5.19. The molecule has 0 spiro atoms. The summed E-state index contributed by atoms with van der Waals surface area (Å²) in [4.78, 5) is 0. The van der Waals surface area contributed by atoms with Crippen molar-refractivity contribution in [3.8, 4) is 0 Å². The Labute approximate surface area is 111 Å². The van der Waals surface area contributed by atoms with Gasteiger partial charge in [-0.05, 0) is 12.2 Å². The van der Waals surface area contributed by atoms with Crippen LogP contribution >= 0.6 is 0 Å². The zero-order valence-corrected chi connectivity index (χ0v) is 9.45. The summed E-state index contributed by atoms with van der Waals surface area (Å²) in [5.41, 5.74) is -6.83. The number of alkyl halides is 14. The summed E-state index contributed by atoms with van der Waals surface area (Å²) in [6, 6.07) is 0. The van der Waals surface area contributed by atoms with Crippen molar-refractivity contribution in [2.24, 2.45) is 0 Å². The van der Waals surface area contributed by atoms with E-state index in [9.17, 15) is 61.5 Å². The lowest BCUT2D eigenvalue weighted by molar-refractivity contribution is -0.370. The number of halogens is 14. The van der Waals surface area contributed by atoms with E-state index in [0.29, 0.717) is 0 Å². The summed E-state index contributed by atoms with van der Waals surface area (Å²) in [7, 11) is 0. The molecule has 22 heavy (non-hydrogen) atoms. The van der Waals surface area contributed by atoms with Gasteiger partial charge in [-0.2, -0.15) is 57.1 Å². The second kappa shape index (κ2) is 5.15. The van der Waals surface area contributed by atoms with Crippen LogP contribution in [0.25, 0.3) is 0 Å². The fraction of sp³-hybridized carbons (Fsp3) is 0.750. The molecular weight excluding hydrogens is 362 g/mol. The predicted molar refractivity (Wildman–Crippen MR) is 41.0 cm³/mol. The van der Waals surface area contributed by atoms with E-state index in [4.69, 9.17) is 0 Å². The third-order valence-corrected chi connectivity index (χ3v) is 2.13. The molecule has 0 rings (SSSR count).